The zero-order valence-corrected chi connectivity index (χ0v) is 12.1. The number of rotatable bonds is 4. The fourth-order valence-electron chi connectivity index (χ4n) is 3.15. The van der Waals surface area contributed by atoms with Crippen LogP contribution in [0.3, 0.4) is 0 Å². The lowest BCUT2D eigenvalue weighted by Crippen LogP contribution is -2.44. The third kappa shape index (κ3) is 3.99. The molecule has 1 atom stereocenters. The van der Waals surface area contributed by atoms with Crippen LogP contribution in [0.1, 0.15) is 44.9 Å². The molecule has 0 aromatic carbocycles. The zero-order chi connectivity index (χ0) is 14.4. The number of likely N-dealkylation sites (tertiary alicyclic amines) is 1. The summed E-state index contributed by atoms with van der Waals surface area (Å²) in [5.74, 6) is 0.186. The molecular formula is C15H25N3O2. The number of carbonyl (C=O) groups excluding carboxylic acids is 2. The monoisotopic (exact) mass is 279 g/mol. The molecule has 1 aliphatic heterocycles. The van der Waals surface area contributed by atoms with E-state index in [1.54, 1.807) is 6.08 Å². The highest BCUT2D eigenvalue weighted by molar-refractivity contribution is 5.82. The zero-order valence-electron chi connectivity index (χ0n) is 12.1. The van der Waals surface area contributed by atoms with Gasteiger partial charge < -0.3 is 15.5 Å². The molecule has 2 fully saturated rings. The van der Waals surface area contributed by atoms with Gasteiger partial charge in [0.05, 0.1) is 6.04 Å². The molecule has 0 aromatic heterocycles. The van der Waals surface area contributed by atoms with Crippen LogP contribution in [0.5, 0.6) is 0 Å². The van der Waals surface area contributed by atoms with E-state index in [1.807, 2.05) is 4.90 Å². The fourth-order valence-corrected chi connectivity index (χ4v) is 3.15. The summed E-state index contributed by atoms with van der Waals surface area (Å²) in [4.78, 5) is 25.7. The van der Waals surface area contributed by atoms with Crippen molar-refractivity contribution in [2.45, 2.75) is 57.0 Å². The lowest BCUT2D eigenvalue weighted by atomic mass is 10.1. The van der Waals surface area contributed by atoms with Crippen LogP contribution in [0.25, 0.3) is 0 Å². The van der Waals surface area contributed by atoms with Crippen LogP contribution in [0, 0.1) is 0 Å². The third-order valence-corrected chi connectivity index (χ3v) is 4.17. The topological polar surface area (TPSA) is 61.4 Å². The Kier molecular flexibility index (Phi) is 5.44. The van der Waals surface area contributed by atoms with Crippen LogP contribution < -0.4 is 10.6 Å². The molecule has 2 N–H and O–H groups in total. The van der Waals surface area contributed by atoms with Crippen molar-refractivity contribution in [2.75, 3.05) is 13.1 Å². The van der Waals surface area contributed by atoms with E-state index in [4.69, 9.17) is 0 Å². The van der Waals surface area contributed by atoms with Crippen molar-refractivity contribution in [1.29, 1.82) is 0 Å². The summed E-state index contributed by atoms with van der Waals surface area (Å²) in [5.41, 5.74) is 0. The van der Waals surface area contributed by atoms with Crippen LogP contribution in [-0.4, -0.2) is 42.0 Å². The van der Waals surface area contributed by atoms with Crippen molar-refractivity contribution >= 4 is 11.9 Å². The largest absolute Gasteiger partial charge is 0.338 e. The number of urea groups is 1. The van der Waals surface area contributed by atoms with Crippen LogP contribution >= 0.6 is 0 Å². The van der Waals surface area contributed by atoms with Crippen molar-refractivity contribution in [3.8, 4) is 0 Å². The minimum absolute atomic E-state index is 0.0597. The predicted molar refractivity (Wildman–Crippen MR) is 78.3 cm³/mol. The van der Waals surface area contributed by atoms with Gasteiger partial charge >= 0.3 is 6.03 Å². The summed E-state index contributed by atoms with van der Waals surface area (Å²) in [5, 5.41) is 5.55. The second kappa shape index (κ2) is 7.31. The molecule has 2 rings (SSSR count). The highest BCUT2D eigenvalue weighted by Crippen LogP contribution is 2.25. The maximum atomic E-state index is 12.1. The van der Waals surface area contributed by atoms with Crippen LogP contribution in [0.2, 0.25) is 0 Å². The fraction of sp³-hybridized carbons (Fsp3) is 0.733. The number of amides is 3. The molecule has 1 heterocycles. The van der Waals surface area contributed by atoms with Crippen molar-refractivity contribution in [1.82, 2.24) is 15.5 Å². The molecule has 5 heteroatoms. The van der Waals surface area contributed by atoms with Gasteiger partial charge in [0, 0.05) is 25.6 Å². The molecule has 1 aliphatic carbocycles. The number of hydrogen-bond acceptors (Lipinski definition) is 2. The number of nitrogens with zero attached hydrogens (tertiary/aromatic N) is 1. The van der Waals surface area contributed by atoms with Crippen LogP contribution in [0.15, 0.2) is 12.7 Å². The molecule has 2 aliphatic rings. The Bertz CT molecular complexity index is 362. The normalized spacial score (nSPS) is 24.3. The maximum Gasteiger partial charge on any atom is 0.315 e. The summed E-state index contributed by atoms with van der Waals surface area (Å²) in [7, 11) is 0. The molecule has 112 valence electrons. The Labute approximate surface area is 120 Å². The first-order valence-corrected chi connectivity index (χ1v) is 7.65. The summed E-state index contributed by atoms with van der Waals surface area (Å²) in [6.45, 7) is 4.65. The molecule has 0 unspecified atom stereocenters. The van der Waals surface area contributed by atoms with Crippen LogP contribution in [-0.2, 0) is 4.79 Å². The first-order chi connectivity index (χ1) is 9.70. The third-order valence-electron chi connectivity index (χ3n) is 4.17. The standard InChI is InChI=1S/C15H25N3O2/c1-2-9-16-15(20)17-12-10-14(19)18(11-12)13-7-5-3-4-6-8-13/h2,12-13H,1,3-11H2,(H2,16,17,20)/t12-/m0/s1. The highest BCUT2D eigenvalue weighted by Gasteiger charge is 2.34. The van der Waals surface area contributed by atoms with E-state index in [0.29, 0.717) is 25.6 Å². The Balaban J connectivity index is 1.83. The van der Waals surface area contributed by atoms with Crippen molar-refractivity contribution in [2.24, 2.45) is 0 Å². The summed E-state index contributed by atoms with van der Waals surface area (Å²) < 4.78 is 0. The quantitative estimate of drug-likeness (QED) is 0.609. The van der Waals surface area contributed by atoms with Gasteiger partial charge in [-0.25, -0.2) is 4.79 Å². The molecule has 0 bridgehead atoms. The average Bonchev–Trinajstić information content (AvgIpc) is 2.66. The molecule has 0 radical (unpaired) electrons. The minimum Gasteiger partial charge on any atom is -0.338 e. The van der Waals surface area contributed by atoms with Gasteiger partial charge in [0.2, 0.25) is 5.91 Å². The minimum atomic E-state index is -0.217. The molecule has 5 nitrogen and oxygen atoms in total. The van der Waals surface area contributed by atoms with Crippen molar-refractivity contribution in [3.05, 3.63) is 12.7 Å². The molecule has 1 saturated heterocycles. The van der Waals surface area contributed by atoms with E-state index >= 15 is 0 Å². The SMILES string of the molecule is C=CCNC(=O)N[C@H]1CC(=O)N(C2CCCCCC2)C1. The second-order valence-corrected chi connectivity index (χ2v) is 5.74. The smallest absolute Gasteiger partial charge is 0.315 e. The van der Waals surface area contributed by atoms with E-state index in [2.05, 4.69) is 17.2 Å². The molecule has 0 aromatic rings. The van der Waals surface area contributed by atoms with Gasteiger partial charge in [0.25, 0.3) is 0 Å². The van der Waals surface area contributed by atoms with Gasteiger partial charge in [-0.15, -0.1) is 6.58 Å². The second-order valence-electron chi connectivity index (χ2n) is 5.74. The summed E-state index contributed by atoms with van der Waals surface area (Å²) >= 11 is 0. The summed E-state index contributed by atoms with van der Waals surface area (Å²) in [6, 6.07) is 0.106. The van der Waals surface area contributed by atoms with Gasteiger partial charge in [0.1, 0.15) is 0 Å². The average molecular weight is 279 g/mol. The number of hydrogen-bond donors (Lipinski definition) is 2. The van der Waals surface area contributed by atoms with Gasteiger partial charge in [-0.1, -0.05) is 31.8 Å². The Morgan fingerprint density at radius 2 is 2.00 bits per heavy atom. The Hall–Kier alpha value is -1.52. The number of carbonyl (C=O) groups is 2. The first-order valence-electron chi connectivity index (χ1n) is 7.65. The molecular weight excluding hydrogens is 254 g/mol. The molecule has 3 amide bonds. The lowest BCUT2D eigenvalue weighted by Gasteiger charge is -2.27. The number of nitrogens with one attached hydrogen (secondary N) is 2. The predicted octanol–water partition coefficient (Wildman–Crippen LogP) is 1.80. The highest BCUT2D eigenvalue weighted by atomic mass is 16.2. The summed E-state index contributed by atoms with van der Waals surface area (Å²) in [6.07, 6.45) is 9.28. The van der Waals surface area contributed by atoms with E-state index in [-0.39, 0.29) is 18.0 Å². The molecule has 0 spiro atoms. The van der Waals surface area contributed by atoms with Gasteiger partial charge in [-0.05, 0) is 12.8 Å². The van der Waals surface area contributed by atoms with Gasteiger partial charge in [-0.3, -0.25) is 4.79 Å². The first kappa shape index (κ1) is 14.9. The Morgan fingerprint density at radius 1 is 1.30 bits per heavy atom. The van der Waals surface area contributed by atoms with E-state index < -0.39 is 0 Å². The van der Waals surface area contributed by atoms with E-state index in [9.17, 15) is 9.59 Å². The lowest BCUT2D eigenvalue weighted by molar-refractivity contribution is -0.129. The van der Waals surface area contributed by atoms with E-state index in [1.165, 1.54) is 25.7 Å². The van der Waals surface area contributed by atoms with E-state index in [0.717, 1.165) is 12.8 Å². The van der Waals surface area contributed by atoms with Crippen LogP contribution in [0.4, 0.5) is 4.79 Å². The van der Waals surface area contributed by atoms with Crippen molar-refractivity contribution < 1.29 is 9.59 Å². The van der Waals surface area contributed by atoms with Crippen molar-refractivity contribution in [3.63, 3.8) is 0 Å². The van der Waals surface area contributed by atoms with Gasteiger partial charge in [0.15, 0.2) is 0 Å². The molecule has 1 saturated carbocycles. The molecule has 20 heavy (non-hydrogen) atoms. The maximum absolute atomic E-state index is 12.1. The Morgan fingerprint density at radius 3 is 2.65 bits per heavy atom. The van der Waals surface area contributed by atoms with Gasteiger partial charge in [-0.2, -0.15) is 0 Å².